The molecule has 0 saturated carbocycles. The highest BCUT2D eigenvalue weighted by Crippen LogP contribution is 2.13. The largest absolute Gasteiger partial charge is 0.395 e. The van der Waals surface area contributed by atoms with Gasteiger partial charge in [-0.15, -0.1) is 0 Å². The van der Waals surface area contributed by atoms with Gasteiger partial charge in [-0.1, -0.05) is 0 Å². The lowest BCUT2D eigenvalue weighted by atomic mass is 10.4. The van der Waals surface area contributed by atoms with Gasteiger partial charge in [0.05, 0.1) is 16.4 Å². The summed E-state index contributed by atoms with van der Waals surface area (Å²) in [7, 11) is -6.03. The van der Waals surface area contributed by atoms with E-state index >= 15 is 0 Å². The average molecular weight is 294 g/mol. The maximum Gasteiger partial charge on any atom is 0.240 e. The molecule has 3 N–H and O–H groups in total. The number of hydrogen-bond donors (Lipinski definition) is 3. The molecule has 0 unspecified atom stereocenters. The molecule has 0 aliphatic rings. The van der Waals surface area contributed by atoms with Crippen molar-refractivity contribution in [3.63, 3.8) is 0 Å². The highest BCUT2D eigenvalue weighted by atomic mass is 32.2. The minimum absolute atomic E-state index is 0.0221. The zero-order valence-electron chi connectivity index (χ0n) is 9.62. The summed E-state index contributed by atoms with van der Waals surface area (Å²) < 4.78 is 50.4. The normalized spacial score (nSPS) is 12.6. The van der Waals surface area contributed by atoms with Gasteiger partial charge < -0.3 is 5.11 Å². The van der Waals surface area contributed by atoms with Crippen molar-refractivity contribution in [1.29, 1.82) is 0 Å². The van der Waals surface area contributed by atoms with E-state index in [1.807, 2.05) is 0 Å². The Kier molecular flexibility index (Phi) is 4.82. The summed E-state index contributed by atoms with van der Waals surface area (Å²) in [4.78, 5) is -0.0860. The molecule has 0 fully saturated rings. The van der Waals surface area contributed by atoms with Crippen molar-refractivity contribution in [3.05, 3.63) is 24.3 Å². The Morgan fingerprint density at radius 3 is 1.83 bits per heavy atom. The first-order valence-corrected chi connectivity index (χ1v) is 7.94. The van der Waals surface area contributed by atoms with Crippen molar-refractivity contribution in [2.24, 2.45) is 0 Å². The molecule has 0 radical (unpaired) electrons. The van der Waals surface area contributed by atoms with E-state index in [9.17, 15) is 16.8 Å². The Morgan fingerprint density at radius 2 is 1.44 bits per heavy atom. The van der Waals surface area contributed by atoms with Gasteiger partial charge in [0.1, 0.15) is 0 Å². The van der Waals surface area contributed by atoms with E-state index in [1.165, 1.54) is 31.3 Å². The van der Waals surface area contributed by atoms with Gasteiger partial charge in [-0.2, -0.15) is 0 Å². The predicted molar refractivity (Wildman–Crippen MR) is 65.0 cm³/mol. The molecule has 1 aromatic carbocycles. The second-order valence-corrected chi connectivity index (χ2v) is 6.95. The molecule has 0 heterocycles. The predicted octanol–water partition coefficient (Wildman–Crippen LogP) is -1.13. The van der Waals surface area contributed by atoms with Crippen LogP contribution in [0.1, 0.15) is 0 Å². The minimum Gasteiger partial charge on any atom is -0.395 e. The van der Waals surface area contributed by atoms with Crippen molar-refractivity contribution in [2.75, 3.05) is 20.2 Å². The lowest BCUT2D eigenvalue weighted by Crippen LogP contribution is -2.26. The first kappa shape index (κ1) is 15.1. The monoisotopic (exact) mass is 294 g/mol. The first-order valence-electron chi connectivity index (χ1n) is 4.97. The fourth-order valence-corrected chi connectivity index (χ4v) is 2.93. The number of aliphatic hydroxyl groups excluding tert-OH is 1. The topological polar surface area (TPSA) is 113 Å². The highest BCUT2D eigenvalue weighted by molar-refractivity contribution is 7.90. The lowest BCUT2D eigenvalue weighted by molar-refractivity contribution is 0.301. The Bertz CT molecular complexity index is 592. The SMILES string of the molecule is CNS(=O)(=O)c1ccc(S(=O)(=O)NCCO)cc1. The van der Waals surface area contributed by atoms with Gasteiger partial charge in [0, 0.05) is 6.54 Å². The highest BCUT2D eigenvalue weighted by Gasteiger charge is 2.16. The van der Waals surface area contributed by atoms with Crippen molar-refractivity contribution < 1.29 is 21.9 Å². The van der Waals surface area contributed by atoms with E-state index in [4.69, 9.17) is 5.11 Å². The summed E-state index contributed by atoms with van der Waals surface area (Å²) >= 11 is 0. The van der Waals surface area contributed by atoms with Crippen LogP contribution in [-0.2, 0) is 20.0 Å². The van der Waals surface area contributed by atoms with Crippen LogP contribution in [0.3, 0.4) is 0 Å². The lowest BCUT2D eigenvalue weighted by Gasteiger charge is -2.06. The van der Waals surface area contributed by atoms with Crippen molar-refractivity contribution in [1.82, 2.24) is 9.44 Å². The molecule has 0 amide bonds. The molecule has 102 valence electrons. The number of benzene rings is 1. The molecule has 1 rings (SSSR count). The molecular formula is C9H14N2O5S2. The number of nitrogens with one attached hydrogen (secondary N) is 2. The molecular weight excluding hydrogens is 280 g/mol. The van der Waals surface area contributed by atoms with Gasteiger partial charge in [0.25, 0.3) is 0 Å². The van der Waals surface area contributed by atoms with Crippen LogP contribution in [0.4, 0.5) is 0 Å². The van der Waals surface area contributed by atoms with E-state index in [-0.39, 0.29) is 22.9 Å². The molecule has 18 heavy (non-hydrogen) atoms. The van der Waals surface area contributed by atoms with Crippen molar-refractivity contribution >= 4 is 20.0 Å². The Hall–Kier alpha value is -1.00. The van der Waals surface area contributed by atoms with Crippen LogP contribution in [0.2, 0.25) is 0 Å². The molecule has 0 spiro atoms. The number of rotatable bonds is 6. The second-order valence-electron chi connectivity index (χ2n) is 3.30. The number of aliphatic hydroxyl groups is 1. The van der Waals surface area contributed by atoms with Crippen molar-refractivity contribution in [3.8, 4) is 0 Å². The van der Waals surface area contributed by atoms with Crippen molar-refractivity contribution in [2.45, 2.75) is 9.79 Å². The second kappa shape index (κ2) is 5.76. The standard InChI is InChI=1S/C9H14N2O5S2/c1-10-17(13,14)8-2-4-9(5-3-8)18(15,16)11-6-7-12/h2-5,10-12H,6-7H2,1H3. The van der Waals surface area contributed by atoms with E-state index in [0.29, 0.717) is 0 Å². The summed E-state index contributed by atoms with van der Waals surface area (Å²) in [5.41, 5.74) is 0. The summed E-state index contributed by atoms with van der Waals surface area (Å²) in [6.07, 6.45) is 0. The van der Waals surface area contributed by atoms with E-state index < -0.39 is 20.0 Å². The van der Waals surface area contributed by atoms with Gasteiger partial charge in [0.2, 0.25) is 20.0 Å². The van der Waals surface area contributed by atoms with E-state index in [2.05, 4.69) is 9.44 Å². The summed E-state index contributed by atoms with van der Waals surface area (Å²) in [5, 5.41) is 8.54. The van der Waals surface area contributed by atoms with E-state index in [0.717, 1.165) is 0 Å². The van der Waals surface area contributed by atoms with Gasteiger partial charge >= 0.3 is 0 Å². The zero-order chi connectivity index (χ0) is 13.8. The minimum atomic E-state index is -3.72. The maximum absolute atomic E-state index is 11.6. The Labute approximate surface area is 106 Å². The third-order valence-electron chi connectivity index (χ3n) is 2.12. The van der Waals surface area contributed by atoms with Crippen LogP contribution in [0.15, 0.2) is 34.1 Å². The average Bonchev–Trinajstić information content (AvgIpc) is 2.36. The van der Waals surface area contributed by atoms with Gasteiger partial charge in [-0.3, -0.25) is 0 Å². The van der Waals surface area contributed by atoms with Crippen LogP contribution >= 0.6 is 0 Å². The summed E-state index contributed by atoms with van der Waals surface area (Å²) in [6, 6.07) is 4.76. The van der Waals surface area contributed by atoms with Crippen LogP contribution in [0.25, 0.3) is 0 Å². The Balaban J connectivity index is 3.04. The summed E-state index contributed by atoms with van der Waals surface area (Å²) in [5.74, 6) is 0. The Morgan fingerprint density at radius 1 is 1.00 bits per heavy atom. The van der Waals surface area contributed by atoms with E-state index in [1.54, 1.807) is 0 Å². The van der Waals surface area contributed by atoms with Crippen LogP contribution in [0, 0.1) is 0 Å². The zero-order valence-corrected chi connectivity index (χ0v) is 11.3. The molecule has 0 bridgehead atoms. The fourth-order valence-electron chi connectivity index (χ4n) is 1.18. The molecule has 0 aliphatic heterocycles. The number of hydrogen-bond acceptors (Lipinski definition) is 5. The van der Waals surface area contributed by atoms with Crippen LogP contribution < -0.4 is 9.44 Å². The van der Waals surface area contributed by atoms with Gasteiger partial charge in [-0.25, -0.2) is 26.3 Å². The molecule has 1 aromatic rings. The maximum atomic E-state index is 11.6. The van der Waals surface area contributed by atoms with Crippen LogP contribution in [0.5, 0.6) is 0 Å². The fraction of sp³-hybridized carbons (Fsp3) is 0.333. The molecule has 9 heteroatoms. The number of sulfonamides is 2. The smallest absolute Gasteiger partial charge is 0.240 e. The molecule has 0 aromatic heterocycles. The van der Waals surface area contributed by atoms with Gasteiger partial charge in [-0.05, 0) is 31.3 Å². The summed E-state index contributed by atoms with van der Waals surface area (Å²) in [6.45, 7) is -0.412. The molecule has 7 nitrogen and oxygen atoms in total. The molecule has 0 saturated heterocycles. The molecule has 0 aliphatic carbocycles. The van der Waals surface area contributed by atoms with Crippen LogP contribution in [-0.4, -0.2) is 42.1 Å². The third-order valence-corrected chi connectivity index (χ3v) is 5.02. The molecule has 0 atom stereocenters. The first-order chi connectivity index (χ1) is 8.33. The van der Waals surface area contributed by atoms with Gasteiger partial charge in [0.15, 0.2) is 0 Å². The third kappa shape index (κ3) is 3.50. The quantitative estimate of drug-likeness (QED) is 0.614.